The molecule has 2 rings (SSSR count). The van der Waals surface area contributed by atoms with Gasteiger partial charge >= 0.3 is 0 Å². The van der Waals surface area contributed by atoms with Crippen molar-refractivity contribution in [1.29, 1.82) is 0 Å². The Morgan fingerprint density at radius 1 is 1.40 bits per heavy atom. The third-order valence-corrected chi connectivity index (χ3v) is 6.30. The van der Waals surface area contributed by atoms with Gasteiger partial charge in [-0.15, -0.1) is 0 Å². The minimum absolute atomic E-state index is 0.204. The summed E-state index contributed by atoms with van der Waals surface area (Å²) in [6, 6.07) is 0. The molecule has 5 atom stereocenters. The molecule has 0 aromatic rings. The fourth-order valence-electron chi connectivity index (χ4n) is 4.86. The van der Waals surface area contributed by atoms with Gasteiger partial charge in [-0.05, 0) is 67.6 Å². The van der Waals surface area contributed by atoms with Crippen LogP contribution < -0.4 is 0 Å². The van der Waals surface area contributed by atoms with Crippen molar-refractivity contribution in [2.24, 2.45) is 35.0 Å². The molecule has 0 saturated heterocycles. The molecule has 0 radical (unpaired) electrons. The molecular weight excluding hydrogens is 244 g/mol. The first-order chi connectivity index (χ1) is 9.36. The Balaban J connectivity index is 2.15. The second-order valence-electron chi connectivity index (χ2n) is 8.18. The summed E-state index contributed by atoms with van der Waals surface area (Å²) in [5.74, 6) is 3.34. The Morgan fingerprint density at radius 2 is 2.10 bits per heavy atom. The SMILES string of the molecule is C=C1CC[C@H]2[C@H](C(C)CCC2(C)C)[C@@H]1CCC(C)C=O. The average Bonchev–Trinajstić information content (AvgIpc) is 2.41. The molecule has 20 heavy (non-hydrogen) atoms. The summed E-state index contributed by atoms with van der Waals surface area (Å²) in [6.07, 6.45) is 8.58. The van der Waals surface area contributed by atoms with Crippen LogP contribution in [0.15, 0.2) is 12.2 Å². The monoisotopic (exact) mass is 276 g/mol. The van der Waals surface area contributed by atoms with Gasteiger partial charge in [0.1, 0.15) is 6.29 Å². The number of aldehydes is 1. The molecule has 0 aliphatic heterocycles. The number of carbonyl (C=O) groups excluding carboxylic acids is 1. The highest BCUT2D eigenvalue weighted by atomic mass is 16.1. The number of fused-ring (bicyclic) bond motifs is 1. The highest BCUT2D eigenvalue weighted by molar-refractivity contribution is 5.52. The Labute approximate surface area is 125 Å². The molecule has 2 aliphatic carbocycles. The zero-order chi connectivity index (χ0) is 14.9. The number of rotatable bonds is 4. The molecule has 1 heteroatoms. The van der Waals surface area contributed by atoms with Gasteiger partial charge in [-0.25, -0.2) is 0 Å². The predicted molar refractivity (Wildman–Crippen MR) is 85.5 cm³/mol. The lowest BCUT2D eigenvalue weighted by Gasteiger charge is -2.54. The summed E-state index contributed by atoms with van der Waals surface area (Å²) in [7, 11) is 0. The van der Waals surface area contributed by atoms with Gasteiger partial charge in [-0.2, -0.15) is 0 Å². The fourth-order valence-corrected chi connectivity index (χ4v) is 4.86. The second kappa shape index (κ2) is 6.03. The van der Waals surface area contributed by atoms with E-state index in [9.17, 15) is 4.79 Å². The van der Waals surface area contributed by atoms with Crippen molar-refractivity contribution in [1.82, 2.24) is 0 Å². The van der Waals surface area contributed by atoms with Crippen LogP contribution in [0.3, 0.4) is 0 Å². The first-order valence-electron chi connectivity index (χ1n) is 8.49. The van der Waals surface area contributed by atoms with Gasteiger partial charge in [0.15, 0.2) is 0 Å². The summed E-state index contributed by atoms with van der Waals surface area (Å²) in [5.41, 5.74) is 1.96. The number of hydrogen-bond donors (Lipinski definition) is 0. The van der Waals surface area contributed by atoms with E-state index in [-0.39, 0.29) is 5.92 Å². The summed E-state index contributed by atoms with van der Waals surface area (Å²) >= 11 is 0. The summed E-state index contributed by atoms with van der Waals surface area (Å²) in [6.45, 7) is 13.8. The molecule has 2 aliphatic rings. The summed E-state index contributed by atoms with van der Waals surface area (Å²) in [4.78, 5) is 10.9. The molecule has 0 bridgehead atoms. The third kappa shape index (κ3) is 3.02. The maximum atomic E-state index is 10.9. The highest BCUT2D eigenvalue weighted by Crippen LogP contribution is 2.56. The third-order valence-electron chi connectivity index (χ3n) is 6.30. The molecule has 114 valence electrons. The zero-order valence-electron chi connectivity index (χ0n) is 13.8. The van der Waals surface area contributed by atoms with E-state index in [2.05, 4.69) is 27.4 Å². The lowest BCUT2D eigenvalue weighted by atomic mass is 9.51. The topological polar surface area (TPSA) is 17.1 Å². The molecule has 2 saturated carbocycles. The van der Waals surface area contributed by atoms with Gasteiger partial charge in [0, 0.05) is 5.92 Å². The van der Waals surface area contributed by atoms with Crippen molar-refractivity contribution in [2.75, 3.05) is 0 Å². The molecule has 2 unspecified atom stereocenters. The smallest absolute Gasteiger partial charge is 0.122 e. The van der Waals surface area contributed by atoms with Gasteiger partial charge in [-0.3, -0.25) is 0 Å². The van der Waals surface area contributed by atoms with Crippen molar-refractivity contribution in [2.45, 2.75) is 66.2 Å². The maximum absolute atomic E-state index is 10.9. The predicted octanol–water partition coefficient (Wildman–Crippen LogP) is 5.26. The first-order valence-corrected chi connectivity index (χ1v) is 8.49. The molecule has 0 heterocycles. The van der Waals surface area contributed by atoms with Crippen LogP contribution in [0.4, 0.5) is 0 Å². The molecule has 1 nitrogen and oxygen atoms in total. The van der Waals surface area contributed by atoms with Crippen molar-refractivity contribution < 1.29 is 4.79 Å². The number of hydrogen-bond acceptors (Lipinski definition) is 1. The largest absolute Gasteiger partial charge is 0.303 e. The first kappa shape index (κ1) is 15.8. The maximum Gasteiger partial charge on any atom is 0.122 e. The Bertz CT molecular complexity index is 368. The lowest BCUT2D eigenvalue weighted by Crippen LogP contribution is -2.45. The van der Waals surface area contributed by atoms with Gasteiger partial charge < -0.3 is 4.79 Å². The van der Waals surface area contributed by atoms with Crippen molar-refractivity contribution in [3.63, 3.8) is 0 Å². The second-order valence-corrected chi connectivity index (χ2v) is 8.18. The van der Waals surface area contributed by atoms with E-state index in [1.54, 1.807) is 0 Å². The van der Waals surface area contributed by atoms with Crippen LogP contribution in [0.5, 0.6) is 0 Å². The van der Waals surface area contributed by atoms with E-state index in [1.807, 2.05) is 6.92 Å². The lowest BCUT2D eigenvalue weighted by molar-refractivity contribution is -0.111. The van der Waals surface area contributed by atoms with E-state index in [0.717, 1.165) is 30.5 Å². The van der Waals surface area contributed by atoms with Crippen molar-refractivity contribution >= 4 is 6.29 Å². The minimum atomic E-state index is 0.204. The molecule has 2 fully saturated rings. The molecule has 0 N–H and O–H groups in total. The normalized spacial score (nSPS) is 38.1. The van der Waals surface area contributed by atoms with Gasteiger partial charge in [0.25, 0.3) is 0 Å². The zero-order valence-corrected chi connectivity index (χ0v) is 13.8. The number of carbonyl (C=O) groups is 1. The van der Waals surface area contributed by atoms with Crippen LogP contribution in [0.1, 0.15) is 66.2 Å². The fraction of sp³-hybridized carbons (Fsp3) is 0.842. The van der Waals surface area contributed by atoms with Gasteiger partial charge in [0.05, 0.1) is 0 Å². The average molecular weight is 276 g/mol. The summed E-state index contributed by atoms with van der Waals surface area (Å²) < 4.78 is 0. The van der Waals surface area contributed by atoms with E-state index < -0.39 is 0 Å². The Kier molecular flexibility index (Phi) is 4.76. The number of allylic oxidation sites excluding steroid dienone is 1. The molecule has 0 amide bonds. The van der Waals surface area contributed by atoms with Gasteiger partial charge in [0.2, 0.25) is 0 Å². The van der Waals surface area contributed by atoms with E-state index in [4.69, 9.17) is 0 Å². The Morgan fingerprint density at radius 3 is 2.75 bits per heavy atom. The van der Waals surface area contributed by atoms with Crippen LogP contribution in [-0.2, 0) is 4.79 Å². The van der Waals surface area contributed by atoms with Gasteiger partial charge in [-0.1, -0.05) is 39.8 Å². The quantitative estimate of drug-likeness (QED) is 0.506. The molecule has 0 aromatic heterocycles. The summed E-state index contributed by atoms with van der Waals surface area (Å²) in [5, 5.41) is 0. The molecular formula is C19H32O. The standard InChI is InChI=1S/C19H32O/c1-13(12-20)6-8-16-14(2)7-9-17-18(16)15(3)10-11-19(17,4)5/h12-13,15-18H,2,6-11H2,1,3-5H3/t13?,15?,16-,17+,18-/m1/s1. The van der Waals surface area contributed by atoms with Crippen LogP contribution in [0, 0.1) is 35.0 Å². The highest BCUT2D eigenvalue weighted by Gasteiger charge is 2.47. The van der Waals surface area contributed by atoms with Crippen LogP contribution in [-0.4, -0.2) is 6.29 Å². The van der Waals surface area contributed by atoms with Crippen molar-refractivity contribution in [3.8, 4) is 0 Å². The van der Waals surface area contributed by atoms with Crippen LogP contribution in [0.25, 0.3) is 0 Å². The van der Waals surface area contributed by atoms with Crippen molar-refractivity contribution in [3.05, 3.63) is 12.2 Å². The molecule has 0 aromatic carbocycles. The Hall–Kier alpha value is -0.590. The minimum Gasteiger partial charge on any atom is -0.303 e. The van der Waals surface area contributed by atoms with E-state index in [0.29, 0.717) is 11.3 Å². The van der Waals surface area contributed by atoms with Crippen LogP contribution in [0.2, 0.25) is 0 Å². The molecule has 0 spiro atoms. The van der Waals surface area contributed by atoms with Crippen LogP contribution >= 0.6 is 0 Å². The van der Waals surface area contributed by atoms with E-state index in [1.165, 1.54) is 37.7 Å². The van der Waals surface area contributed by atoms with E-state index >= 15 is 0 Å².